The number of carbonyl (C=O) groups excluding carboxylic acids is 1. The van der Waals surface area contributed by atoms with Gasteiger partial charge in [0.1, 0.15) is 6.10 Å². The van der Waals surface area contributed by atoms with Gasteiger partial charge in [-0.05, 0) is 12.8 Å². The third-order valence-corrected chi connectivity index (χ3v) is 2.86. The van der Waals surface area contributed by atoms with Gasteiger partial charge in [0, 0.05) is 24.8 Å². The van der Waals surface area contributed by atoms with Crippen molar-refractivity contribution in [2.75, 3.05) is 0 Å². The molecule has 1 saturated carbocycles. The summed E-state index contributed by atoms with van der Waals surface area (Å²) in [4.78, 5) is 10.8. The first kappa shape index (κ1) is 10.5. The van der Waals surface area contributed by atoms with Crippen LogP contribution in [0.3, 0.4) is 0 Å². The first-order valence-corrected chi connectivity index (χ1v) is 4.84. The highest BCUT2D eigenvalue weighted by Gasteiger charge is 2.37. The average Bonchev–Trinajstić information content (AvgIpc) is 1.97. The van der Waals surface area contributed by atoms with Crippen LogP contribution in [0.4, 0.5) is 0 Å². The van der Waals surface area contributed by atoms with E-state index in [-0.39, 0.29) is 23.5 Å². The van der Waals surface area contributed by atoms with Crippen LogP contribution in [0.5, 0.6) is 0 Å². The van der Waals surface area contributed by atoms with Crippen LogP contribution < -0.4 is 5.73 Å². The lowest BCUT2D eigenvalue weighted by molar-refractivity contribution is -0.155. The number of ether oxygens (including phenoxy) is 1. The smallest absolute Gasteiger partial charge is 0.302 e. The van der Waals surface area contributed by atoms with Gasteiger partial charge in [0.25, 0.3) is 0 Å². The molecule has 0 radical (unpaired) electrons. The lowest BCUT2D eigenvalue weighted by atomic mass is 9.73. The molecule has 0 bridgehead atoms. The summed E-state index contributed by atoms with van der Waals surface area (Å²) in [5.41, 5.74) is 5.92. The molecule has 0 heterocycles. The molecule has 13 heavy (non-hydrogen) atoms. The molecule has 1 aliphatic rings. The van der Waals surface area contributed by atoms with Crippen LogP contribution in [-0.2, 0) is 9.53 Å². The maximum atomic E-state index is 10.8. The minimum atomic E-state index is -0.202. The van der Waals surface area contributed by atoms with Crippen molar-refractivity contribution in [1.82, 2.24) is 0 Å². The average molecular weight is 185 g/mol. The predicted octanol–water partition coefficient (Wildman–Crippen LogP) is 1.46. The number of rotatable bonds is 1. The Bertz CT molecular complexity index is 201. The summed E-state index contributed by atoms with van der Waals surface area (Å²) < 4.78 is 5.26. The minimum absolute atomic E-state index is 0.00579. The van der Waals surface area contributed by atoms with Crippen molar-refractivity contribution in [3.8, 4) is 0 Å². The van der Waals surface area contributed by atoms with Gasteiger partial charge < -0.3 is 10.5 Å². The summed E-state index contributed by atoms with van der Waals surface area (Å²) in [7, 11) is 0. The number of esters is 1. The van der Waals surface area contributed by atoms with Crippen LogP contribution in [0.15, 0.2) is 0 Å². The zero-order valence-electron chi connectivity index (χ0n) is 8.67. The van der Waals surface area contributed by atoms with Crippen molar-refractivity contribution >= 4 is 5.97 Å². The van der Waals surface area contributed by atoms with Gasteiger partial charge in [-0.1, -0.05) is 13.8 Å². The summed E-state index contributed by atoms with van der Waals surface area (Å²) in [6.45, 7) is 5.72. The van der Waals surface area contributed by atoms with Gasteiger partial charge in [-0.15, -0.1) is 0 Å². The van der Waals surface area contributed by atoms with E-state index in [9.17, 15) is 4.79 Å². The fourth-order valence-electron chi connectivity index (χ4n) is 1.84. The summed E-state index contributed by atoms with van der Waals surface area (Å²) in [6.07, 6.45) is 2.86. The van der Waals surface area contributed by atoms with Gasteiger partial charge in [0.2, 0.25) is 0 Å². The Labute approximate surface area is 79.6 Å². The van der Waals surface area contributed by atoms with Gasteiger partial charge in [-0.25, -0.2) is 0 Å². The molecule has 0 aliphatic heterocycles. The lowest BCUT2D eigenvalue weighted by Gasteiger charge is -2.40. The molecule has 1 fully saturated rings. The number of carbonyl (C=O) groups is 1. The zero-order chi connectivity index (χ0) is 10.1. The van der Waals surface area contributed by atoms with Crippen molar-refractivity contribution < 1.29 is 9.53 Å². The van der Waals surface area contributed by atoms with Crippen molar-refractivity contribution in [1.29, 1.82) is 0 Å². The molecule has 0 aromatic rings. The highest BCUT2D eigenvalue weighted by molar-refractivity contribution is 5.66. The van der Waals surface area contributed by atoms with Gasteiger partial charge in [0.05, 0.1) is 0 Å². The predicted molar refractivity (Wildman–Crippen MR) is 51.2 cm³/mol. The molecule has 2 atom stereocenters. The van der Waals surface area contributed by atoms with E-state index in [1.165, 1.54) is 6.92 Å². The first-order chi connectivity index (χ1) is 5.92. The molecule has 2 N–H and O–H groups in total. The van der Waals surface area contributed by atoms with Gasteiger partial charge in [0.15, 0.2) is 0 Å². The number of hydrogen-bond donors (Lipinski definition) is 1. The SMILES string of the molecule is CC(=O)O[C@@H]1C[C@H](N)CCC1(C)C. The summed E-state index contributed by atoms with van der Waals surface area (Å²) >= 11 is 0. The van der Waals surface area contributed by atoms with Crippen LogP contribution in [-0.4, -0.2) is 18.1 Å². The van der Waals surface area contributed by atoms with E-state index in [0.29, 0.717) is 0 Å². The maximum Gasteiger partial charge on any atom is 0.302 e. The molecule has 0 unspecified atom stereocenters. The van der Waals surface area contributed by atoms with E-state index in [1.807, 2.05) is 0 Å². The molecule has 0 aromatic heterocycles. The second kappa shape index (κ2) is 3.66. The summed E-state index contributed by atoms with van der Waals surface area (Å²) in [6, 6.07) is 0.192. The third kappa shape index (κ3) is 2.69. The van der Waals surface area contributed by atoms with E-state index in [2.05, 4.69) is 13.8 Å². The second-order valence-corrected chi connectivity index (χ2v) is 4.62. The van der Waals surface area contributed by atoms with E-state index < -0.39 is 0 Å². The maximum absolute atomic E-state index is 10.8. The minimum Gasteiger partial charge on any atom is -0.462 e. The largest absolute Gasteiger partial charge is 0.462 e. The molecule has 1 aliphatic carbocycles. The Kier molecular flexibility index (Phi) is 2.96. The molecule has 3 heteroatoms. The Hall–Kier alpha value is -0.570. The quantitative estimate of drug-likeness (QED) is 0.629. The standard InChI is InChI=1S/C10H19NO2/c1-7(12)13-9-6-8(11)4-5-10(9,2)3/h8-9H,4-6,11H2,1-3H3/t8-,9-/m1/s1. The fraction of sp³-hybridized carbons (Fsp3) is 0.900. The number of hydrogen-bond acceptors (Lipinski definition) is 3. The van der Waals surface area contributed by atoms with E-state index in [4.69, 9.17) is 10.5 Å². The Morgan fingerprint density at radius 2 is 2.15 bits per heavy atom. The normalized spacial score (nSPS) is 32.6. The second-order valence-electron chi connectivity index (χ2n) is 4.62. The van der Waals surface area contributed by atoms with Crippen LogP contribution >= 0.6 is 0 Å². The van der Waals surface area contributed by atoms with E-state index in [0.717, 1.165) is 19.3 Å². The molecular weight excluding hydrogens is 166 g/mol. The fourth-order valence-corrected chi connectivity index (χ4v) is 1.84. The van der Waals surface area contributed by atoms with E-state index >= 15 is 0 Å². The Morgan fingerprint density at radius 1 is 1.54 bits per heavy atom. The van der Waals surface area contributed by atoms with Crippen molar-refractivity contribution in [3.63, 3.8) is 0 Å². The first-order valence-electron chi connectivity index (χ1n) is 4.84. The molecule has 76 valence electrons. The topological polar surface area (TPSA) is 52.3 Å². The summed E-state index contributed by atoms with van der Waals surface area (Å²) in [5, 5.41) is 0. The molecule has 0 amide bonds. The lowest BCUT2D eigenvalue weighted by Crippen LogP contribution is -2.44. The molecule has 0 saturated heterocycles. The van der Waals surface area contributed by atoms with Crippen LogP contribution in [0.1, 0.15) is 40.0 Å². The highest BCUT2D eigenvalue weighted by Crippen LogP contribution is 2.36. The zero-order valence-corrected chi connectivity index (χ0v) is 8.67. The molecule has 1 rings (SSSR count). The number of nitrogens with two attached hydrogens (primary N) is 1. The molecule has 0 spiro atoms. The van der Waals surface area contributed by atoms with E-state index in [1.54, 1.807) is 0 Å². The van der Waals surface area contributed by atoms with Crippen molar-refractivity contribution in [2.45, 2.75) is 52.2 Å². The third-order valence-electron chi connectivity index (χ3n) is 2.86. The molecule has 3 nitrogen and oxygen atoms in total. The van der Waals surface area contributed by atoms with Gasteiger partial charge in [-0.3, -0.25) is 4.79 Å². The van der Waals surface area contributed by atoms with Crippen molar-refractivity contribution in [2.24, 2.45) is 11.1 Å². The van der Waals surface area contributed by atoms with Crippen LogP contribution in [0.25, 0.3) is 0 Å². The van der Waals surface area contributed by atoms with Crippen LogP contribution in [0.2, 0.25) is 0 Å². The monoisotopic (exact) mass is 185 g/mol. The van der Waals surface area contributed by atoms with Crippen LogP contribution in [0, 0.1) is 5.41 Å². The molecule has 0 aromatic carbocycles. The summed E-state index contributed by atoms with van der Waals surface area (Å²) in [5.74, 6) is -0.202. The highest BCUT2D eigenvalue weighted by atomic mass is 16.5. The van der Waals surface area contributed by atoms with Crippen molar-refractivity contribution in [3.05, 3.63) is 0 Å². The Balaban J connectivity index is 2.61. The molecular formula is C10H19NO2. The van der Waals surface area contributed by atoms with Gasteiger partial charge in [-0.2, -0.15) is 0 Å². The Morgan fingerprint density at radius 3 is 2.69 bits per heavy atom. The van der Waals surface area contributed by atoms with Gasteiger partial charge >= 0.3 is 5.97 Å².